The normalized spacial score (nSPS) is 48.5. The number of nitrogens with zero attached hydrogens (tertiary/aromatic N) is 1. The molecule has 8 unspecified atom stereocenters. The molecule has 0 aromatic heterocycles. The first-order valence-corrected chi connectivity index (χ1v) is 10.6. The van der Waals surface area contributed by atoms with E-state index in [9.17, 15) is 14.4 Å². The van der Waals surface area contributed by atoms with E-state index in [1.165, 1.54) is 6.42 Å². The van der Waals surface area contributed by atoms with Gasteiger partial charge in [0.25, 0.3) is 0 Å². The summed E-state index contributed by atoms with van der Waals surface area (Å²) in [6.45, 7) is 6.90. The van der Waals surface area contributed by atoms with E-state index in [1.807, 2.05) is 25.7 Å². The van der Waals surface area contributed by atoms with E-state index >= 15 is 0 Å². The number of alkyl carbamates (subject to hydrolysis) is 1. The number of hydrogen-bond acceptors (Lipinski definition) is 4. The lowest BCUT2D eigenvalue weighted by Gasteiger charge is -2.71. The van der Waals surface area contributed by atoms with Gasteiger partial charge in [-0.05, 0) is 69.6 Å². The zero-order valence-electron chi connectivity index (χ0n) is 16.2. The number of nitrogens with one attached hydrogen (secondary N) is 1. The highest BCUT2D eigenvalue weighted by Crippen LogP contribution is 2.93. The van der Waals surface area contributed by atoms with Crippen LogP contribution in [0.15, 0.2) is 0 Å². The SMILES string of the molecule is CC(C)(C)OC(=O)NC1CCN(C(=O)C23C4C(=O)C5C6CC(C52)C3C64)CC1. The molecule has 7 aliphatic rings. The summed E-state index contributed by atoms with van der Waals surface area (Å²) in [5, 5.41) is 2.94. The van der Waals surface area contributed by atoms with E-state index in [1.54, 1.807) is 0 Å². The number of piperidine rings is 1. The van der Waals surface area contributed by atoms with Gasteiger partial charge in [0.2, 0.25) is 5.91 Å². The van der Waals surface area contributed by atoms with Gasteiger partial charge < -0.3 is 15.0 Å². The first-order valence-electron chi connectivity index (χ1n) is 10.6. The Morgan fingerprint density at radius 3 is 2.48 bits per heavy atom. The Bertz CT molecular complexity index is 765. The van der Waals surface area contributed by atoms with E-state index in [4.69, 9.17) is 4.74 Å². The van der Waals surface area contributed by atoms with Crippen LogP contribution in [0, 0.1) is 46.8 Å². The third-order valence-electron chi connectivity index (χ3n) is 8.74. The number of amides is 2. The topological polar surface area (TPSA) is 75.7 Å². The van der Waals surface area contributed by atoms with Gasteiger partial charge in [0.15, 0.2) is 0 Å². The quantitative estimate of drug-likeness (QED) is 0.802. The van der Waals surface area contributed by atoms with Crippen molar-refractivity contribution >= 4 is 17.8 Å². The molecule has 1 heterocycles. The maximum absolute atomic E-state index is 13.5. The number of hydrogen-bond donors (Lipinski definition) is 1. The standard InChI is InChI=1S/C21H28N2O4/c1-20(2,3)27-19(26)22-9-4-6-23(7-5-9)18(25)21-14-11-8-10-12(14)16(21)17(24)13(10)15(11)21/h9-16H,4-8H2,1-3H3,(H,22,26). The van der Waals surface area contributed by atoms with Crippen molar-refractivity contribution in [2.75, 3.05) is 13.1 Å². The largest absolute Gasteiger partial charge is 0.444 e. The molecule has 0 aromatic rings. The van der Waals surface area contributed by atoms with Crippen LogP contribution < -0.4 is 5.32 Å². The second kappa shape index (κ2) is 4.69. The molecule has 6 nitrogen and oxygen atoms in total. The fourth-order valence-corrected chi connectivity index (χ4v) is 8.37. The number of rotatable bonds is 2. The van der Waals surface area contributed by atoms with Gasteiger partial charge in [0.05, 0.1) is 5.41 Å². The lowest BCUT2D eigenvalue weighted by atomic mass is 9.31. The average Bonchev–Trinajstić information content (AvgIpc) is 3.08. The number of ether oxygens (including phenoxy) is 1. The molecule has 146 valence electrons. The maximum atomic E-state index is 13.5. The van der Waals surface area contributed by atoms with Gasteiger partial charge in [0.1, 0.15) is 11.4 Å². The van der Waals surface area contributed by atoms with Crippen molar-refractivity contribution in [1.82, 2.24) is 10.2 Å². The first-order chi connectivity index (χ1) is 12.7. The summed E-state index contributed by atoms with van der Waals surface area (Å²) in [7, 11) is 0. The van der Waals surface area contributed by atoms with Gasteiger partial charge in [-0.25, -0.2) is 4.79 Å². The summed E-state index contributed by atoms with van der Waals surface area (Å²) in [5.74, 6) is 3.72. The second-order valence-electron chi connectivity index (χ2n) is 10.7. The Morgan fingerprint density at radius 2 is 1.85 bits per heavy atom. The third-order valence-corrected chi connectivity index (χ3v) is 8.74. The van der Waals surface area contributed by atoms with Crippen molar-refractivity contribution in [3.63, 3.8) is 0 Å². The molecule has 1 aliphatic heterocycles. The summed E-state index contributed by atoms with van der Waals surface area (Å²) < 4.78 is 5.33. The fourth-order valence-electron chi connectivity index (χ4n) is 8.37. The van der Waals surface area contributed by atoms with Crippen molar-refractivity contribution in [2.45, 2.75) is 51.7 Å². The molecule has 4 bridgehead atoms. The van der Waals surface area contributed by atoms with Crippen molar-refractivity contribution in [3.05, 3.63) is 0 Å². The molecule has 0 spiro atoms. The molecule has 7 fully saturated rings. The van der Waals surface area contributed by atoms with Crippen LogP contribution in [0.1, 0.15) is 40.0 Å². The predicted molar refractivity (Wildman–Crippen MR) is 95.5 cm³/mol. The van der Waals surface area contributed by atoms with E-state index in [0.717, 1.165) is 12.8 Å². The minimum absolute atomic E-state index is 0.0551. The minimum Gasteiger partial charge on any atom is -0.444 e. The van der Waals surface area contributed by atoms with Crippen LogP contribution >= 0.6 is 0 Å². The number of Topliss-reactive ketones (excluding diaryl/α,β-unsaturated/α-hetero) is 1. The van der Waals surface area contributed by atoms with Crippen LogP contribution in [0.25, 0.3) is 0 Å². The average molecular weight is 372 g/mol. The number of carbonyl (C=O) groups is 3. The number of likely N-dealkylation sites (tertiary alicyclic amines) is 1. The Balaban J connectivity index is 1.11. The number of ketones is 1. The van der Waals surface area contributed by atoms with Crippen molar-refractivity contribution in [1.29, 1.82) is 0 Å². The zero-order chi connectivity index (χ0) is 18.9. The van der Waals surface area contributed by atoms with Crippen molar-refractivity contribution in [2.24, 2.45) is 46.8 Å². The smallest absolute Gasteiger partial charge is 0.407 e. The third kappa shape index (κ3) is 1.68. The Kier molecular flexibility index (Phi) is 2.84. The molecule has 1 N–H and O–H groups in total. The first kappa shape index (κ1) is 16.4. The predicted octanol–water partition coefficient (Wildman–Crippen LogP) is 1.83. The van der Waals surface area contributed by atoms with E-state index in [0.29, 0.717) is 48.5 Å². The fraction of sp³-hybridized carbons (Fsp3) is 0.857. The molecule has 7 rings (SSSR count). The van der Waals surface area contributed by atoms with Gasteiger partial charge in [0, 0.05) is 31.0 Å². The van der Waals surface area contributed by atoms with Gasteiger partial charge in [-0.2, -0.15) is 0 Å². The van der Waals surface area contributed by atoms with E-state index in [2.05, 4.69) is 5.32 Å². The van der Waals surface area contributed by atoms with Crippen molar-refractivity contribution < 1.29 is 19.1 Å². The highest BCUT2D eigenvalue weighted by Gasteiger charge is 2.96. The van der Waals surface area contributed by atoms with Crippen LogP contribution in [0.5, 0.6) is 0 Å². The lowest BCUT2D eigenvalue weighted by molar-refractivity contribution is -0.256. The molecule has 1 saturated heterocycles. The Labute approximate surface area is 159 Å². The molecule has 6 heteroatoms. The van der Waals surface area contributed by atoms with Crippen LogP contribution in [-0.4, -0.2) is 47.4 Å². The summed E-state index contributed by atoms with van der Waals surface area (Å²) in [6, 6.07) is 0.0551. The van der Waals surface area contributed by atoms with Crippen molar-refractivity contribution in [3.8, 4) is 0 Å². The second-order valence-corrected chi connectivity index (χ2v) is 10.7. The molecule has 0 radical (unpaired) electrons. The monoisotopic (exact) mass is 372 g/mol. The summed E-state index contributed by atoms with van der Waals surface area (Å²) in [5.41, 5.74) is -0.799. The maximum Gasteiger partial charge on any atom is 0.407 e. The molecule has 8 atom stereocenters. The number of carbonyl (C=O) groups excluding carboxylic acids is 3. The lowest BCUT2D eigenvalue weighted by Crippen LogP contribution is -2.76. The van der Waals surface area contributed by atoms with Crippen LogP contribution in [0.3, 0.4) is 0 Å². The van der Waals surface area contributed by atoms with E-state index in [-0.39, 0.29) is 35.3 Å². The minimum atomic E-state index is -0.503. The molecule has 6 saturated carbocycles. The molecule has 2 amide bonds. The van der Waals surface area contributed by atoms with E-state index < -0.39 is 5.60 Å². The zero-order valence-corrected chi connectivity index (χ0v) is 16.2. The van der Waals surface area contributed by atoms with Gasteiger partial charge in [-0.3, -0.25) is 9.59 Å². The summed E-state index contributed by atoms with van der Waals surface area (Å²) in [4.78, 5) is 40.2. The Hall–Kier alpha value is -1.59. The molecule has 6 aliphatic carbocycles. The molecular formula is C21H28N2O4. The van der Waals surface area contributed by atoms with Crippen LogP contribution in [0.2, 0.25) is 0 Å². The van der Waals surface area contributed by atoms with Gasteiger partial charge in [-0.15, -0.1) is 0 Å². The van der Waals surface area contributed by atoms with Crippen LogP contribution in [-0.2, 0) is 14.3 Å². The summed E-state index contributed by atoms with van der Waals surface area (Å²) in [6.07, 6.45) is 2.35. The molecule has 0 aromatic carbocycles. The molecular weight excluding hydrogens is 344 g/mol. The van der Waals surface area contributed by atoms with Crippen LogP contribution in [0.4, 0.5) is 4.79 Å². The molecule has 27 heavy (non-hydrogen) atoms. The van der Waals surface area contributed by atoms with Gasteiger partial charge in [-0.1, -0.05) is 0 Å². The highest BCUT2D eigenvalue weighted by molar-refractivity contribution is 6.04. The Morgan fingerprint density at radius 1 is 1.15 bits per heavy atom. The summed E-state index contributed by atoms with van der Waals surface area (Å²) >= 11 is 0. The highest BCUT2D eigenvalue weighted by atomic mass is 16.6. The van der Waals surface area contributed by atoms with Gasteiger partial charge >= 0.3 is 6.09 Å².